The second kappa shape index (κ2) is 11.2. The summed E-state index contributed by atoms with van der Waals surface area (Å²) in [5.41, 5.74) is 12.7. The molecule has 0 spiro atoms. The fourth-order valence-electron chi connectivity index (χ4n) is 7.85. The van der Waals surface area contributed by atoms with Crippen molar-refractivity contribution in [2.45, 2.75) is 6.92 Å². The number of para-hydroxylation sites is 3. The van der Waals surface area contributed by atoms with Crippen molar-refractivity contribution in [1.29, 1.82) is 0 Å². The van der Waals surface area contributed by atoms with Crippen LogP contribution in [0.5, 0.6) is 0 Å². The number of hydrogen-bond donors (Lipinski definition) is 0. The summed E-state index contributed by atoms with van der Waals surface area (Å²) in [5, 5.41) is 6.26. The van der Waals surface area contributed by atoms with E-state index in [9.17, 15) is 0 Å². The summed E-state index contributed by atoms with van der Waals surface area (Å²) in [6.45, 7) is 6.20. The van der Waals surface area contributed by atoms with Crippen LogP contribution in [0, 0.1) is 6.92 Å². The molecule has 0 aliphatic heterocycles. The molecule has 0 unspecified atom stereocenters. The lowest BCUT2D eigenvalue weighted by Crippen LogP contribution is -1.94. The first-order valence-corrected chi connectivity index (χ1v) is 17.7. The van der Waals surface area contributed by atoms with Crippen LogP contribution in [0.15, 0.2) is 163 Å². The third-order valence-electron chi connectivity index (χ3n) is 10.2. The quantitative estimate of drug-likeness (QED) is 0.164. The maximum atomic E-state index is 4.55. The van der Waals surface area contributed by atoms with Gasteiger partial charge >= 0.3 is 0 Å². The molecule has 50 heavy (non-hydrogen) atoms. The summed E-state index contributed by atoms with van der Waals surface area (Å²) >= 11 is 1.82. The Morgan fingerprint density at radius 3 is 1.64 bits per heavy atom. The van der Waals surface area contributed by atoms with Crippen LogP contribution in [0.4, 0.5) is 5.69 Å². The van der Waals surface area contributed by atoms with Crippen LogP contribution in [-0.4, -0.2) is 15.9 Å². The Kier molecular flexibility index (Phi) is 6.42. The fourth-order valence-corrected chi connectivity index (χ4v) is 9.09. The molecule has 0 atom stereocenters. The van der Waals surface area contributed by atoms with Crippen molar-refractivity contribution in [1.82, 2.24) is 9.13 Å². The Hall–Kier alpha value is -6.23. The summed E-state index contributed by atoms with van der Waals surface area (Å²) in [6, 6.07) is 57.0. The lowest BCUT2D eigenvalue weighted by molar-refractivity contribution is 1.18. The Morgan fingerprint density at radius 1 is 0.480 bits per heavy atom. The van der Waals surface area contributed by atoms with Crippen molar-refractivity contribution in [3.8, 4) is 32.9 Å². The zero-order chi connectivity index (χ0) is 33.3. The zero-order valence-electron chi connectivity index (χ0n) is 27.5. The maximum Gasteiger partial charge on any atom is 0.0729 e. The monoisotopic (exact) mass is 657 g/mol. The number of aryl methyl sites for hydroxylation is 1. The normalized spacial score (nSPS) is 11.8. The molecule has 0 saturated heterocycles. The Morgan fingerprint density at radius 2 is 1.02 bits per heavy atom. The molecule has 0 radical (unpaired) electrons. The number of hydrogen-bond acceptors (Lipinski definition) is 2. The van der Waals surface area contributed by atoms with Crippen molar-refractivity contribution in [2.75, 3.05) is 0 Å². The first kappa shape index (κ1) is 28.8. The number of aromatic nitrogens is 2. The minimum Gasteiger partial charge on any atom is -0.309 e. The molecule has 0 amide bonds. The molecule has 0 aliphatic carbocycles. The molecule has 0 N–H and O–H groups in total. The number of fused-ring (bicyclic) bond motifs is 7. The van der Waals surface area contributed by atoms with E-state index in [1.54, 1.807) is 0 Å². The predicted molar refractivity (Wildman–Crippen MR) is 215 cm³/mol. The van der Waals surface area contributed by atoms with E-state index in [0.29, 0.717) is 0 Å². The van der Waals surface area contributed by atoms with Gasteiger partial charge in [-0.3, -0.25) is 4.99 Å². The summed E-state index contributed by atoms with van der Waals surface area (Å²) in [5.74, 6) is 0. The van der Waals surface area contributed by atoms with E-state index in [1.165, 1.54) is 75.4 Å². The molecule has 10 rings (SSSR count). The van der Waals surface area contributed by atoms with Crippen molar-refractivity contribution in [3.63, 3.8) is 0 Å². The first-order chi connectivity index (χ1) is 24.7. The minimum absolute atomic E-state index is 0.891. The molecule has 3 aromatic heterocycles. The predicted octanol–water partition coefficient (Wildman–Crippen LogP) is 13.1. The molecular weight excluding hydrogens is 627 g/mol. The largest absolute Gasteiger partial charge is 0.309 e. The summed E-state index contributed by atoms with van der Waals surface area (Å²) in [4.78, 5) is 5.80. The van der Waals surface area contributed by atoms with Crippen LogP contribution in [0.3, 0.4) is 0 Å². The van der Waals surface area contributed by atoms with Crippen LogP contribution in [0.25, 0.3) is 86.6 Å². The Balaban J connectivity index is 1.13. The van der Waals surface area contributed by atoms with Gasteiger partial charge < -0.3 is 9.13 Å². The van der Waals surface area contributed by atoms with Gasteiger partial charge in [0, 0.05) is 48.1 Å². The molecular formula is C46H31N3S. The highest BCUT2D eigenvalue weighted by Gasteiger charge is 2.18. The van der Waals surface area contributed by atoms with Gasteiger partial charge in [-0.1, -0.05) is 84.9 Å². The van der Waals surface area contributed by atoms with Crippen LogP contribution in [-0.2, 0) is 0 Å². The van der Waals surface area contributed by atoms with E-state index in [-0.39, 0.29) is 0 Å². The lowest BCUT2D eigenvalue weighted by atomic mass is 10.0. The number of benzene rings is 7. The third kappa shape index (κ3) is 4.25. The van der Waals surface area contributed by atoms with Gasteiger partial charge in [0.1, 0.15) is 0 Å². The Labute approximate surface area is 293 Å². The summed E-state index contributed by atoms with van der Waals surface area (Å²) in [7, 11) is 0. The van der Waals surface area contributed by atoms with E-state index in [4.69, 9.17) is 0 Å². The van der Waals surface area contributed by atoms with Gasteiger partial charge in [-0.15, -0.1) is 11.3 Å². The second-order valence-corrected chi connectivity index (χ2v) is 14.0. The van der Waals surface area contributed by atoms with Gasteiger partial charge in [-0.05, 0) is 109 Å². The molecule has 0 aliphatic rings. The van der Waals surface area contributed by atoms with E-state index in [1.807, 2.05) is 11.3 Å². The molecule has 7 aromatic carbocycles. The molecule has 4 heteroatoms. The van der Waals surface area contributed by atoms with Gasteiger partial charge in [0.2, 0.25) is 0 Å². The zero-order valence-corrected chi connectivity index (χ0v) is 28.3. The van der Waals surface area contributed by atoms with Gasteiger partial charge in [0.15, 0.2) is 0 Å². The van der Waals surface area contributed by atoms with Gasteiger partial charge in [0.05, 0.1) is 27.8 Å². The van der Waals surface area contributed by atoms with E-state index >= 15 is 0 Å². The number of nitrogens with zero attached hydrogens (tertiary/aromatic N) is 3. The van der Waals surface area contributed by atoms with Crippen LogP contribution in [0.2, 0.25) is 0 Å². The summed E-state index contributed by atoms with van der Waals surface area (Å²) in [6.07, 6.45) is 0. The first-order valence-electron chi connectivity index (χ1n) is 16.9. The molecule has 10 aromatic rings. The highest BCUT2D eigenvalue weighted by molar-refractivity contribution is 7.22. The van der Waals surface area contributed by atoms with Gasteiger partial charge in [-0.25, -0.2) is 0 Å². The van der Waals surface area contributed by atoms with Crippen molar-refractivity contribution < 1.29 is 0 Å². The molecule has 3 heterocycles. The topological polar surface area (TPSA) is 22.2 Å². The third-order valence-corrected chi connectivity index (χ3v) is 11.5. The van der Waals surface area contributed by atoms with E-state index in [2.05, 4.69) is 185 Å². The van der Waals surface area contributed by atoms with Gasteiger partial charge in [-0.2, -0.15) is 0 Å². The average molecular weight is 658 g/mol. The summed E-state index contributed by atoms with van der Waals surface area (Å²) < 4.78 is 6.02. The molecule has 3 nitrogen and oxygen atoms in total. The van der Waals surface area contributed by atoms with E-state index in [0.717, 1.165) is 22.5 Å². The fraction of sp³-hybridized carbons (Fsp3) is 0.0217. The van der Waals surface area contributed by atoms with Crippen molar-refractivity contribution in [3.05, 3.63) is 163 Å². The number of thiophene rings is 1. The van der Waals surface area contributed by atoms with Crippen molar-refractivity contribution >= 4 is 77.4 Å². The maximum absolute atomic E-state index is 4.55. The highest BCUT2D eigenvalue weighted by Crippen LogP contribution is 2.44. The molecule has 236 valence electrons. The SMILES string of the molecule is C=Nc1cc(-n2c3ccccc3c3cc(-c4ccc5c(c4)c4ccccc4n5-c4ccccc4)ccc32)ccc1-c1sc2ccccc2c1C. The highest BCUT2D eigenvalue weighted by atomic mass is 32.1. The van der Waals surface area contributed by atoms with Gasteiger partial charge in [0.25, 0.3) is 0 Å². The molecule has 0 bridgehead atoms. The molecule has 0 fully saturated rings. The standard InChI is InChI=1S/C46H31N3S/c1-29-34-14-8-11-19-45(34)50-46(29)37-23-22-33(28-40(37)47-2)49-42-18-10-7-16-36(42)39-27-31(21-25-44(39)49)30-20-24-43-38(26-30)35-15-6-9-17-41(35)48(43)32-12-4-3-5-13-32/h3-28H,2H2,1H3. The lowest BCUT2D eigenvalue weighted by Gasteiger charge is -2.12. The van der Waals surface area contributed by atoms with Crippen LogP contribution in [0.1, 0.15) is 5.56 Å². The van der Waals surface area contributed by atoms with Crippen LogP contribution >= 0.6 is 11.3 Å². The number of aliphatic imine (C=N–C) groups is 1. The van der Waals surface area contributed by atoms with E-state index < -0.39 is 0 Å². The average Bonchev–Trinajstić information content (AvgIpc) is 3.81. The Bertz CT molecular complexity index is 2960. The molecule has 0 saturated carbocycles. The smallest absolute Gasteiger partial charge is 0.0729 e. The van der Waals surface area contributed by atoms with Crippen LogP contribution < -0.4 is 0 Å². The second-order valence-electron chi connectivity index (χ2n) is 12.9. The van der Waals surface area contributed by atoms with Crippen molar-refractivity contribution in [2.24, 2.45) is 4.99 Å². The minimum atomic E-state index is 0.891. The number of rotatable bonds is 5.